The van der Waals surface area contributed by atoms with Crippen LogP contribution >= 0.6 is 0 Å². The quantitative estimate of drug-likeness (QED) is 0.765. The Kier molecular flexibility index (Phi) is 6.36. The average molecular weight is 260 g/mol. The van der Waals surface area contributed by atoms with Gasteiger partial charge in [0.1, 0.15) is 6.04 Å². The molecule has 0 aliphatic heterocycles. The van der Waals surface area contributed by atoms with E-state index in [2.05, 4.69) is 10.6 Å². The molecule has 0 aliphatic rings. The Morgan fingerprint density at radius 3 is 2.58 bits per heavy atom. The minimum Gasteiger partial charge on any atom is -0.354 e. The largest absolute Gasteiger partial charge is 0.354 e. The van der Waals surface area contributed by atoms with Crippen molar-refractivity contribution in [2.75, 3.05) is 6.54 Å². The average Bonchev–Trinajstić information content (AvgIpc) is 2.43. The van der Waals surface area contributed by atoms with Gasteiger partial charge in [-0.25, -0.2) is 0 Å². The Bertz CT molecular complexity index is 441. The maximum Gasteiger partial charge on any atom is 0.244 e. The highest BCUT2D eigenvalue weighted by atomic mass is 16.2. The van der Waals surface area contributed by atoms with E-state index in [0.29, 0.717) is 6.54 Å². The lowest BCUT2D eigenvalue weighted by atomic mass is 10.2. The van der Waals surface area contributed by atoms with Gasteiger partial charge in [-0.15, -0.1) is 0 Å². The van der Waals surface area contributed by atoms with Crippen LogP contribution in [-0.2, 0) is 9.59 Å². The summed E-state index contributed by atoms with van der Waals surface area (Å²) in [7, 11) is 0. The monoisotopic (exact) mass is 260 g/mol. The van der Waals surface area contributed by atoms with Crippen molar-refractivity contribution >= 4 is 17.9 Å². The standard InChI is InChI=1S/C15H20N2O2/c1-3-11-16-15(19)12(2)17-14(18)10-9-13-7-5-4-6-8-13/h4-10,12H,3,11H2,1-2H3,(H,16,19)(H,17,18)/b10-9+. The molecular weight excluding hydrogens is 240 g/mol. The van der Waals surface area contributed by atoms with Crippen LogP contribution in [0.3, 0.4) is 0 Å². The molecular formula is C15H20N2O2. The van der Waals surface area contributed by atoms with Crippen molar-refractivity contribution in [3.8, 4) is 0 Å². The molecule has 1 aromatic carbocycles. The summed E-state index contributed by atoms with van der Waals surface area (Å²) in [4.78, 5) is 23.2. The summed E-state index contributed by atoms with van der Waals surface area (Å²) in [5.41, 5.74) is 0.945. The molecule has 1 aromatic rings. The second-order valence-electron chi connectivity index (χ2n) is 4.27. The zero-order valence-corrected chi connectivity index (χ0v) is 11.3. The van der Waals surface area contributed by atoms with Crippen LogP contribution in [0.2, 0.25) is 0 Å². The van der Waals surface area contributed by atoms with Crippen molar-refractivity contribution in [2.24, 2.45) is 0 Å². The van der Waals surface area contributed by atoms with Gasteiger partial charge in [-0.1, -0.05) is 37.3 Å². The fourth-order valence-corrected chi connectivity index (χ4v) is 1.46. The van der Waals surface area contributed by atoms with Crippen molar-refractivity contribution in [1.29, 1.82) is 0 Å². The van der Waals surface area contributed by atoms with Gasteiger partial charge in [-0.2, -0.15) is 0 Å². The molecule has 2 amide bonds. The molecule has 0 saturated carbocycles. The van der Waals surface area contributed by atoms with E-state index < -0.39 is 6.04 Å². The van der Waals surface area contributed by atoms with E-state index in [0.717, 1.165) is 12.0 Å². The molecule has 0 heterocycles. The van der Waals surface area contributed by atoms with Crippen LogP contribution in [0.15, 0.2) is 36.4 Å². The van der Waals surface area contributed by atoms with Gasteiger partial charge in [-0.05, 0) is 25.0 Å². The van der Waals surface area contributed by atoms with Gasteiger partial charge in [0, 0.05) is 12.6 Å². The Morgan fingerprint density at radius 1 is 1.26 bits per heavy atom. The van der Waals surface area contributed by atoms with Crippen molar-refractivity contribution in [3.05, 3.63) is 42.0 Å². The van der Waals surface area contributed by atoms with Crippen LogP contribution < -0.4 is 10.6 Å². The van der Waals surface area contributed by atoms with Gasteiger partial charge >= 0.3 is 0 Å². The Balaban J connectivity index is 2.42. The third-order valence-electron chi connectivity index (χ3n) is 2.53. The minimum absolute atomic E-state index is 0.164. The molecule has 0 aliphatic carbocycles. The fourth-order valence-electron chi connectivity index (χ4n) is 1.46. The Hall–Kier alpha value is -2.10. The van der Waals surface area contributed by atoms with Crippen molar-refractivity contribution in [2.45, 2.75) is 26.3 Å². The first-order valence-corrected chi connectivity index (χ1v) is 6.44. The fraction of sp³-hybridized carbons (Fsp3) is 0.333. The number of rotatable bonds is 6. The maximum absolute atomic E-state index is 11.6. The summed E-state index contributed by atoms with van der Waals surface area (Å²) in [5.74, 6) is -0.439. The molecule has 4 heteroatoms. The lowest BCUT2D eigenvalue weighted by Crippen LogP contribution is -2.44. The molecule has 4 nitrogen and oxygen atoms in total. The molecule has 0 bridgehead atoms. The Morgan fingerprint density at radius 2 is 1.95 bits per heavy atom. The lowest BCUT2D eigenvalue weighted by Gasteiger charge is -2.12. The second-order valence-corrected chi connectivity index (χ2v) is 4.27. The van der Waals surface area contributed by atoms with Crippen LogP contribution in [0.25, 0.3) is 6.08 Å². The molecule has 0 radical (unpaired) electrons. The van der Waals surface area contributed by atoms with Crippen molar-refractivity contribution in [3.63, 3.8) is 0 Å². The molecule has 102 valence electrons. The second kappa shape index (κ2) is 8.08. The van der Waals surface area contributed by atoms with E-state index in [4.69, 9.17) is 0 Å². The Labute approximate surface area is 113 Å². The molecule has 0 fully saturated rings. The van der Waals surface area contributed by atoms with Gasteiger partial charge in [-0.3, -0.25) is 9.59 Å². The highest BCUT2D eigenvalue weighted by Gasteiger charge is 2.12. The van der Waals surface area contributed by atoms with Gasteiger partial charge in [0.2, 0.25) is 11.8 Å². The predicted molar refractivity (Wildman–Crippen MR) is 76.4 cm³/mol. The van der Waals surface area contributed by atoms with Crippen molar-refractivity contribution in [1.82, 2.24) is 10.6 Å². The SMILES string of the molecule is CCCNC(=O)C(C)NC(=O)/C=C/c1ccccc1. The topological polar surface area (TPSA) is 58.2 Å². The van der Waals surface area contributed by atoms with E-state index in [-0.39, 0.29) is 11.8 Å². The summed E-state index contributed by atoms with van der Waals surface area (Å²) in [6.07, 6.45) is 4.02. The number of benzene rings is 1. The molecule has 0 saturated heterocycles. The third-order valence-corrected chi connectivity index (χ3v) is 2.53. The molecule has 1 atom stereocenters. The normalized spacial score (nSPS) is 12.1. The van der Waals surface area contributed by atoms with E-state index in [1.807, 2.05) is 37.3 Å². The van der Waals surface area contributed by atoms with Gasteiger partial charge in [0.05, 0.1) is 0 Å². The van der Waals surface area contributed by atoms with E-state index in [1.165, 1.54) is 6.08 Å². The third kappa shape index (κ3) is 5.86. The highest BCUT2D eigenvalue weighted by Crippen LogP contribution is 2.00. The van der Waals surface area contributed by atoms with E-state index in [9.17, 15) is 9.59 Å². The zero-order valence-electron chi connectivity index (χ0n) is 11.3. The predicted octanol–water partition coefficient (Wildman–Crippen LogP) is 1.73. The molecule has 1 rings (SSSR count). The molecule has 0 spiro atoms. The summed E-state index contributed by atoms with van der Waals surface area (Å²) in [5, 5.41) is 5.35. The molecule has 19 heavy (non-hydrogen) atoms. The van der Waals surface area contributed by atoms with Crippen LogP contribution in [0.5, 0.6) is 0 Å². The first kappa shape index (κ1) is 15.0. The number of carbonyl (C=O) groups excluding carboxylic acids is 2. The van der Waals surface area contributed by atoms with Gasteiger partial charge < -0.3 is 10.6 Å². The van der Waals surface area contributed by atoms with Crippen LogP contribution in [0.1, 0.15) is 25.8 Å². The molecule has 0 aromatic heterocycles. The first-order valence-electron chi connectivity index (χ1n) is 6.44. The maximum atomic E-state index is 11.6. The number of nitrogens with one attached hydrogen (secondary N) is 2. The summed E-state index contributed by atoms with van der Waals surface area (Å²) in [6, 6.07) is 9.00. The lowest BCUT2D eigenvalue weighted by molar-refractivity contribution is -0.126. The van der Waals surface area contributed by atoms with Crippen LogP contribution in [0, 0.1) is 0 Å². The molecule has 1 unspecified atom stereocenters. The number of hydrogen-bond donors (Lipinski definition) is 2. The highest BCUT2D eigenvalue weighted by molar-refractivity contribution is 5.95. The molecule has 2 N–H and O–H groups in total. The summed E-state index contributed by atoms with van der Waals surface area (Å²) < 4.78 is 0. The van der Waals surface area contributed by atoms with E-state index >= 15 is 0 Å². The van der Waals surface area contributed by atoms with E-state index in [1.54, 1.807) is 13.0 Å². The number of carbonyl (C=O) groups is 2. The first-order chi connectivity index (χ1) is 9.13. The zero-order chi connectivity index (χ0) is 14.1. The van der Waals surface area contributed by atoms with Crippen LogP contribution in [-0.4, -0.2) is 24.4 Å². The number of amides is 2. The minimum atomic E-state index is -0.528. The van der Waals surface area contributed by atoms with Gasteiger partial charge in [0.15, 0.2) is 0 Å². The van der Waals surface area contributed by atoms with Crippen LogP contribution in [0.4, 0.5) is 0 Å². The van der Waals surface area contributed by atoms with Gasteiger partial charge in [0.25, 0.3) is 0 Å². The summed E-state index contributed by atoms with van der Waals surface area (Å²) >= 11 is 0. The number of hydrogen-bond acceptors (Lipinski definition) is 2. The smallest absolute Gasteiger partial charge is 0.244 e. The summed E-state index contributed by atoms with van der Waals surface area (Å²) in [6.45, 7) is 4.27. The van der Waals surface area contributed by atoms with Crippen molar-refractivity contribution < 1.29 is 9.59 Å².